The number of para-hydroxylation sites is 1. The fourth-order valence-electron chi connectivity index (χ4n) is 1.90. The van der Waals surface area contributed by atoms with Crippen molar-refractivity contribution < 1.29 is 14.4 Å². The van der Waals surface area contributed by atoms with Crippen LogP contribution in [0.25, 0.3) is 0 Å². The molecule has 1 heterocycles. The highest BCUT2D eigenvalue weighted by Gasteiger charge is 2.39. The number of imide groups is 3. The Balaban J connectivity index is 2.07. The Morgan fingerprint density at radius 2 is 1.95 bits per heavy atom. The summed E-state index contributed by atoms with van der Waals surface area (Å²) in [6, 6.07) is 7.43. The van der Waals surface area contributed by atoms with Crippen LogP contribution in [0.1, 0.15) is 13.3 Å². The third-order valence-electron chi connectivity index (χ3n) is 2.76. The van der Waals surface area contributed by atoms with E-state index < -0.39 is 18.0 Å². The number of nitrogens with one attached hydrogen (secondary N) is 1. The van der Waals surface area contributed by atoms with E-state index in [-0.39, 0.29) is 6.54 Å². The van der Waals surface area contributed by atoms with Crippen LogP contribution in [0.2, 0.25) is 0 Å². The molecule has 0 atom stereocenters. The van der Waals surface area contributed by atoms with E-state index in [2.05, 4.69) is 5.32 Å². The zero-order valence-corrected chi connectivity index (χ0v) is 10.6. The number of urea groups is 2. The highest BCUT2D eigenvalue weighted by atomic mass is 16.2. The van der Waals surface area contributed by atoms with E-state index in [0.29, 0.717) is 17.1 Å². The molecule has 0 aliphatic carbocycles. The van der Waals surface area contributed by atoms with E-state index >= 15 is 0 Å². The average Bonchev–Trinajstić information content (AvgIpc) is 2.66. The highest BCUT2D eigenvalue weighted by Crippen LogP contribution is 2.13. The summed E-state index contributed by atoms with van der Waals surface area (Å²) in [6.45, 7) is 2.35. The van der Waals surface area contributed by atoms with Crippen molar-refractivity contribution in [2.45, 2.75) is 13.3 Å². The fraction of sp³-hybridized carbons (Fsp3) is 0.308. The van der Waals surface area contributed by atoms with Crippen LogP contribution in [-0.2, 0) is 4.79 Å². The van der Waals surface area contributed by atoms with Gasteiger partial charge in [-0.15, -0.1) is 0 Å². The molecule has 0 unspecified atom stereocenters. The van der Waals surface area contributed by atoms with Gasteiger partial charge in [0.15, 0.2) is 0 Å². The summed E-state index contributed by atoms with van der Waals surface area (Å²) in [5, 5.41) is 2.53. The van der Waals surface area contributed by atoms with Crippen LogP contribution < -0.4 is 5.32 Å². The van der Waals surface area contributed by atoms with E-state index in [4.69, 9.17) is 0 Å². The molecule has 0 aromatic heterocycles. The minimum atomic E-state index is -0.709. The number of nitrogens with zero attached hydrogens (tertiary/aromatic N) is 2. The number of benzene rings is 1. The molecule has 1 aliphatic rings. The molecule has 5 amide bonds. The predicted octanol–water partition coefficient (Wildman–Crippen LogP) is 1.89. The Morgan fingerprint density at radius 3 is 2.58 bits per heavy atom. The molecule has 6 nitrogen and oxygen atoms in total. The van der Waals surface area contributed by atoms with Gasteiger partial charge in [-0.2, -0.15) is 4.90 Å². The van der Waals surface area contributed by atoms with E-state index in [1.807, 2.05) is 13.0 Å². The third kappa shape index (κ3) is 2.73. The molecule has 19 heavy (non-hydrogen) atoms. The van der Waals surface area contributed by atoms with Gasteiger partial charge in [0.1, 0.15) is 6.54 Å². The molecular formula is C13H15N3O3. The maximum atomic E-state index is 11.9. The Hall–Kier alpha value is -2.37. The summed E-state index contributed by atoms with van der Waals surface area (Å²) < 4.78 is 0. The number of carbonyl (C=O) groups is 3. The second kappa shape index (κ2) is 5.51. The largest absolute Gasteiger partial charge is 0.337 e. The first-order chi connectivity index (χ1) is 9.13. The Labute approximate surface area is 111 Å². The van der Waals surface area contributed by atoms with Crippen LogP contribution >= 0.6 is 0 Å². The SMILES string of the molecule is CCCN1CC(=O)N(C(=O)Nc2ccccc2)C1=O. The van der Waals surface area contributed by atoms with Crippen LogP contribution in [0.3, 0.4) is 0 Å². The first-order valence-electron chi connectivity index (χ1n) is 6.11. The minimum absolute atomic E-state index is 0.0329. The van der Waals surface area contributed by atoms with Crippen LogP contribution in [0.4, 0.5) is 15.3 Å². The lowest BCUT2D eigenvalue weighted by atomic mass is 10.3. The van der Waals surface area contributed by atoms with E-state index in [1.165, 1.54) is 4.90 Å². The maximum absolute atomic E-state index is 11.9. The van der Waals surface area contributed by atoms with Crippen LogP contribution in [0.5, 0.6) is 0 Å². The third-order valence-corrected chi connectivity index (χ3v) is 2.76. The first kappa shape index (κ1) is 13.1. The van der Waals surface area contributed by atoms with Gasteiger partial charge in [0, 0.05) is 12.2 Å². The maximum Gasteiger partial charge on any atom is 0.337 e. The second-order valence-electron chi connectivity index (χ2n) is 4.23. The molecule has 0 saturated carbocycles. The van der Waals surface area contributed by atoms with Gasteiger partial charge in [0.05, 0.1) is 0 Å². The van der Waals surface area contributed by atoms with Crippen LogP contribution in [0.15, 0.2) is 30.3 Å². The predicted molar refractivity (Wildman–Crippen MR) is 69.6 cm³/mol. The van der Waals surface area contributed by atoms with Gasteiger partial charge >= 0.3 is 12.1 Å². The normalized spacial score (nSPS) is 15.0. The van der Waals surface area contributed by atoms with Gasteiger partial charge in [0.2, 0.25) is 0 Å². The molecule has 100 valence electrons. The summed E-state index contributed by atoms with van der Waals surface area (Å²) in [6.07, 6.45) is 0.743. The average molecular weight is 261 g/mol. The molecule has 1 fully saturated rings. The summed E-state index contributed by atoms with van der Waals surface area (Å²) in [7, 11) is 0. The Morgan fingerprint density at radius 1 is 1.26 bits per heavy atom. The van der Waals surface area contributed by atoms with Gasteiger partial charge in [-0.3, -0.25) is 4.79 Å². The smallest absolute Gasteiger partial charge is 0.315 e. The van der Waals surface area contributed by atoms with Gasteiger partial charge in [-0.1, -0.05) is 25.1 Å². The molecule has 0 bridgehead atoms. The molecule has 6 heteroatoms. The van der Waals surface area contributed by atoms with Crippen molar-refractivity contribution in [3.8, 4) is 0 Å². The topological polar surface area (TPSA) is 69.7 Å². The Bertz CT molecular complexity index is 501. The van der Waals surface area contributed by atoms with Crippen molar-refractivity contribution in [1.29, 1.82) is 0 Å². The number of anilines is 1. The monoisotopic (exact) mass is 261 g/mol. The van der Waals surface area contributed by atoms with E-state index in [9.17, 15) is 14.4 Å². The lowest BCUT2D eigenvalue weighted by Gasteiger charge is -2.15. The van der Waals surface area contributed by atoms with Gasteiger partial charge < -0.3 is 10.2 Å². The van der Waals surface area contributed by atoms with E-state index in [1.54, 1.807) is 24.3 Å². The molecule has 1 N–H and O–H groups in total. The molecule has 1 saturated heterocycles. The molecular weight excluding hydrogens is 246 g/mol. The van der Waals surface area contributed by atoms with Crippen molar-refractivity contribution in [3.63, 3.8) is 0 Å². The second-order valence-corrected chi connectivity index (χ2v) is 4.23. The zero-order chi connectivity index (χ0) is 13.8. The van der Waals surface area contributed by atoms with Crippen LogP contribution in [-0.4, -0.2) is 40.9 Å². The Kier molecular flexibility index (Phi) is 3.79. The van der Waals surface area contributed by atoms with Crippen molar-refractivity contribution in [1.82, 2.24) is 9.80 Å². The quantitative estimate of drug-likeness (QED) is 0.845. The molecule has 1 aliphatic heterocycles. The van der Waals surface area contributed by atoms with Gasteiger partial charge in [0.25, 0.3) is 5.91 Å². The number of hydrogen-bond acceptors (Lipinski definition) is 3. The van der Waals surface area contributed by atoms with Crippen molar-refractivity contribution >= 4 is 23.7 Å². The summed E-state index contributed by atoms with van der Waals surface area (Å²) >= 11 is 0. The van der Waals surface area contributed by atoms with Crippen LogP contribution in [0, 0.1) is 0 Å². The molecule has 1 aromatic rings. The number of amides is 5. The lowest BCUT2D eigenvalue weighted by molar-refractivity contribution is -0.123. The molecule has 1 aromatic carbocycles. The minimum Gasteiger partial charge on any atom is -0.315 e. The summed E-state index contributed by atoms with van der Waals surface area (Å²) in [5.41, 5.74) is 0.544. The summed E-state index contributed by atoms with van der Waals surface area (Å²) in [5.74, 6) is -0.494. The number of carbonyl (C=O) groups excluding carboxylic acids is 3. The summed E-state index contributed by atoms with van der Waals surface area (Å²) in [4.78, 5) is 37.6. The van der Waals surface area contributed by atoms with Crippen molar-refractivity contribution in [2.75, 3.05) is 18.4 Å². The number of rotatable bonds is 3. The first-order valence-corrected chi connectivity index (χ1v) is 6.11. The van der Waals surface area contributed by atoms with Crippen molar-refractivity contribution in [3.05, 3.63) is 30.3 Å². The standard InChI is InChI=1S/C13H15N3O3/c1-2-8-15-9-11(17)16(13(15)19)12(18)14-10-6-4-3-5-7-10/h3-7H,2,8-9H2,1H3,(H,14,18). The highest BCUT2D eigenvalue weighted by molar-refractivity contribution is 6.17. The molecule has 0 radical (unpaired) electrons. The number of hydrogen-bond donors (Lipinski definition) is 1. The van der Waals surface area contributed by atoms with Gasteiger partial charge in [-0.05, 0) is 18.6 Å². The van der Waals surface area contributed by atoms with Crippen molar-refractivity contribution in [2.24, 2.45) is 0 Å². The fourth-order valence-corrected chi connectivity index (χ4v) is 1.90. The zero-order valence-electron chi connectivity index (χ0n) is 10.6. The molecule has 2 rings (SSSR count). The van der Waals surface area contributed by atoms with E-state index in [0.717, 1.165) is 6.42 Å². The molecule has 0 spiro atoms. The van der Waals surface area contributed by atoms with Gasteiger partial charge in [-0.25, -0.2) is 9.59 Å². The lowest BCUT2D eigenvalue weighted by Crippen LogP contribution is -2.41.